The summed E-state index contributed by atoms with van der Waals surface area (Å²) in [5, 5.41) is 0.368. The van der Waals surface area contributed by atoms with E-state index in [1.165, 1.54) is 6.92 Å². The molecule has 27 heavy (non-hydrogen) atoms. The number of hydroxylamine groups is 2. The first kappa shape index (κ1) is 22.3. The number of hydrogen-bond donors (Lipinski definition) is 0. The van der Waals surface area contributed by atoms with Crippen LogP contribution >= 0.6 is 0 Å². The lowest BCUT2D eigenvalue weighted by atomic mass is 10.1. The van der Waals surface area contributed by atoms with E-state index >= 15 is 0 Å². The average Bonchev–Trinajstić information content (AvgIpc) is 2.82. The predicted octanol–water partition coefficient (Wildman–Crippen LogP) is 0.606. The van der Waals surface area contributed by atoms with Crippen molar-refractivity contribution < 1.29 is 43.1 Å². The van der Waals surface area contributed by atoms with Crippen LogP contribution in [-0.4, -0.2) is 52.3 Å². The van der Waals surface area contributed by atoms with E-state index < -0.39 is 54.3 Å². The minimum Gasteiger partial charge on any atom is -0.457 e. The Morgan fingerprint density at radius 1 is 1.00 bits per heavy atom. The van der Waals surface area contributed by atoms with Crippen molar-refractivity contribution in [3.05, 3.63) is 0 Å². The highest BCUT2D eigenvalue weighted by Gasteiger charge is 2.33. The molecule has 1 saturated heterocycles. The number of ether oxygens (including phenoxy) is 2. The Labute approximate surface area is 156 Å². The summed E-state index contributed by atoms with van der Waals surface area (Å²) in [4.78, 5) is 74.2. The maximum Gasteiger partial charge on any atom is 0.348 e. The highest BCUT2D eigenvalue weighted by Crippen LogP contribution is 2.15. The fourth-order valence-electron chi connectivity index (χ4n) is 2.03. The molecular formula is C17H23NO9. The number of nitrogens with zero attached hydrogens (tertiary/aromatic N) is 1. The number of amides is 2. The van der Waals surface area contributed by atoms with Crippen molar-refractivity contribution >= 4 is 35.5 Å². The number of carbonyl (C=O) groups excluding carboxylic acids is 6. The molecule has 0 aromatic rings. The first-order chi connectivity index (χ1) is 12.4. The van der Waals surface area contributed by atoms with E-state index in [9.17, 15) is 28.8 Å². The number of carbonyl (C=O) groups is 6. The Morgan fingerprint density at radius 2 is 1.52 bits per heavy atom. The number of imide groups is 1. The van der Waals surface area contributed by atoms with Crippen molar-refractivity contribution in [3.63, 3.8) is 0 Å². The second kappa shape index (κ2) is 9.24. The largest absolute Gasteiger partial charge is 0.457 e. The molecule has 0 aliphatic carbocycles. The summed E-state index contributed by atoms with van der Waals surface area (Å²) < 4.78 is 10.0. The lowest BCUT2D eigenvalue weighted by Gasteiger charge is -2.23. The van der Waals surface area contributed by atoms with E-state index in [2.05, 4.69) is 4.84 Å². The molecule has 1 aliphatic heterocycles. The van der Waals surface area contributed by atoms with Gasteiger partial charge < -0.3 is 14.3 Å². The zero-order chi connectivity index (χ0) is 20.8. The van der Waals surface area contributed by atoms with Gasteiger partial charge in [-0.05, 0) is 27.7 Å². The molecule has 0 radical (unpaired) electrons. The topological polar surface area (TPSA) is 133 Å². The van der Waals surface area contributed by atoms with Crippen LogP contribution in [-0.2, 0) is 43.1 Å². The molecule has 0 unspecified atom stereocenters. The van der Waals surface area contributed by atoms with Crippen molar-refractivity contribution in [1.82, 2.24) is 5.06 Å². The molecule has 1 heterocycles. The second-order valence-electron chi connectivity index (χ2n) is 6.96. The first-order valence-electron chi connectivity index (χ1n) is 8.37. The van der Waals surface area contributed by atoms with Crippen LogP contribution in [0, 0.1) is 0 Å². The normalized spacial score (nSPS) is 15.3. The van der Waals surface area contributed by atoms with Gasteiger partial charge in [-0.2, -0.15) is 0 Å². The van der Waals surface area contributed by atoms with Gasteiger partial charge in [0.1, 0.15) is 11.4 Å². The SMILES string of the molecule is CC(=O)C[C@H](OC(=O)CCC(=O)ON1C(=O)CCC1=O)C(=O)OC(C)(C)C. The number of rotatable bonds is 8. The molecule has 1 aliphatic rings. The Balaban J connectivity index is 2.54. The molecule has 0 aromatic carbocycles. The van der Waals surface area contributed by atoms with Gasteiger partial charge in [-0.1, -0.05) is 0 Å². The Bertz CT molecular complexity index is 631. The van der Waals surface area contributed by atoms with Gasteiger partial charge in [0, 0.05) is 12.8 Å². The maximum atomic E-state index is 12.0. The molecule has 1 fully saturated rings. The van der Waals surface area contributed by atoms with Gasteiger partial charge in [0.05, 0.1) is 19.3 Å². The molecule has 10 nitrogen and oxygen atoms in total. The van der Waals surface area contributed by atoms with Gasteiger partial charge in [-0.15, -0.1) is 5.06 Å². The molecule has 0 saturated carbocycles. The second-order valence-corrected chi connectivity index (χ2v) is 6.96. The fourth-order valence-corrected chi connectivity index (χ4v) is 2.03. The number of hydrogen-bond acceptors (Lipinski definition) is 9. The molecule has 0 spiro atoms. The van der Waals surface area contributed by atoms with Gasteiger partial charge in [0.15, 0.2) is 0 Å². The number of ketones is 1. The lowest BCUT2D eigenvalue weighted by molar-refractivity contribution is -0.198. The van der Waals surface area contributed by atoms with Crippen LogP contribution in [0.5, 0.6) is 0 Å². The van der Waals surface area contributed by atoms with Crippen LogP contribution in [0.25, 0.3) is 0 Å². The van der Waals surface area contributed by atoms with Gasteiger partial charge in [-0.3, -0.25) is 19.2 Å². The van der Waals surface area contributed by atoms with E-state index in [1.54, 1.807) is 20.8 Å². The van der Waals surface area contributed by atoms with E-state index in [0.29, 0.717) is 5.06 Å². The Hall–Kier alpha value is -2.78. The van der Waals surface area contributed by atoms with E-state index in [0.717, 1.165) is 0 Å². The molecule has 150 valence electrons. The maximum absolute atomic E-state index is 12.0. The average molecular weight is 385 g/mol. The van der Waals surface area contributed by atoms with Gasteiger partial charge >= 0.3 is 17.9 Å². The van der Waals surface area contributed by atoms with Crippen LogP contribution in [0.15, 0.2) is 0 Å². The van der Waals surface area contributed by atoms with Crippen molar-refractivity contribution in [2.45, 2.75) is 71.5 Å². The summed E-state index contributed by atoms with van der Waals surface area (Å²) in [6, 6.07) is 0. The fraction of sp³-hybridized carbons (Fsp3) is 0.647. The van der Waals surface area contributed by atoms with E-state index in [1.807, 2.05) is 0 Å². The van der Waals surface area contributed by atoms with Crippen molar-refractivity contribution in [1.29, 1.82) is 0 Å². The number of Topliss-reactive ketones (excluding diaryl/α,β-unsaturated/α-hetero) is 1. The Kier molecular flexibility index (Phi) is 7.62. The minimum absolute atomic E-state index is 0.0449. The lowest BCUT2D eigenvalue weighted by Crippen LogP contribution is -2.36. The van der Waals surface area contributed by atoms with Crippen LogP contribution in [0.1, 0.15) is 59.8 Å². The van der Waals surface area contributed by atoms with Crippen LogP contribution in [0.2, 0.25) is 0 Å². The summed E-state index contributed by atoms with van der Waals surface area (Å²) in [5.41, 5.74) is -0.836. The molecule has 10 heteroatoms. The van der Waals surface area contributed by atoms with E-state index in [-0.39, 0.29) is 25.0 Å². The highest BCUT2D eigenvalue weighted by atomic mass is 16.7. The summed E-state index contributed by atoms with van der Waals surface area (Å²) >= 11 is 0. The minimum atomic E-state index is -1.42. The predicted molar refractivity (Wildman–Crippen MR) is 87.4 cm³/mol. The molecule has 1 rings (SSSR count). The zero-order valence-corrected chi connectivity index (χ0v) is 15.7. The van der Waals surface area contributed by atoms with Gasteiger partial charge in [0.2, 0.25) is 6.10 Å². The third-order valence-electron chi connectivity index (χ3n) is 3.15. The molecule has 0 N–H and O–H groups in total. The van der Waals surface area contributed by atoms with Gasteiger partial charge in [0.25, 0.3) is 11.8 Å². The highest BCUT2D eigenvalue weighted by molar-refractivity contribution is 6.01. The summed E-state index contributed by atoms with van der Waals surface area (Å²) in [7, 11) is 0. The molecule has 0 bridgehead atoms. The standard InChI is InChI=1S/C17H23NO9/c1-10(19)9-11(16(24)26-17(2,3)4)25-14(22)7-8-15(23)27-18-12(20)5-6-13(18)21/h11H,5-9H2,1-4H3/t11-/m0/s1. The summed E-state index contributed by atoms with van der Waals surface area (Å²) in [6.45, 7) is 6.09. The Morgan fingerprint density at radius 3 is 2.00 bits per heavy atom. The van der Waals surface area contributed by atoms with Crippen molar-refractivity contribution in [2.24, 2.45) is 0 Å². The first-order valence-corrected chi connectivity index (χ1v) is 8.37. The van der Waals surface area contributed by atoms with Crippen molar-refractivity contribution in [3.8, 4) is 0 Å². The van der Waals surface area contributed by atoms with Crippen LogP contribution in [0.4, 0.5) is 0 Å². The quantitative estimate of drug-likeness (QED) is 0.435. The van der Waals surface area contributed by atoms with Gasteiger partial charge in [-0.25, -0.2) is 9.59 Å². The monoisotopic (exact) mass is 385 g/mol. The zero-order valence-electron chi connectivity index (χ0n) is 15.7. The van der Waals surface area contributed by atoms with Crippen LogP contribution in [0.3, 0.4) is 0 Å². The third kappa shape index (κ3) is 7.97. The number of esters is 2. The van der Waals surface area contributed by atoms with Crippen molar-refractivity contribution in [2.75, 3.05) is 0 Å². The summed E-state index contributed by atoms with van der Waals surface area (Å²) in [6.07, 6.45) is -2.81. The third-order valence-corrected chi connectivity index (χ3v) is 3.15. The van der Waals surface area contributed by atoms with E-state index in [4.69, 9.17) is 9.47 Å². The summed E-state index contributed by atoms with van der Waals surface area (Å²) in [5.74, 6) is -4.44. The molecule has 0 aromatic heterocycles. The molecule has 1 atom stereocenters. The molecular weight excluding hydrogens is 362 g/mol. The smallest absolute Gasteiger partial charge is 0.348 e. The molecule has 2 amide bonds. The van der Waals surface area contributed by atoms with Crippen LogP contribution < -0.4 is 0 Å².